The number of carbonyl (C=O) groups excluding carboxylic acids is 2. The van der Waals surface area contributed by atoms with Gasteiger partial charge in [-0.15, -0.1) is 0 Å². The Morgan fingerprint density at radius 3 is 1.07 bits per heavy atom. The van der Waals surface area contributed by atoms with Crippen molar-refractivity contribution in [1.29, 1.82) is 0 Å². The fourth-order valence-electron chi connectivity index (χ4n) is 6.01. The molecule has 4 aromatic carbocycles. The lowest BCUT2D eigenvalue weighted by molar-refractivity contribution is -0.121. The van der Waals surface area contributed by atoms with E-state index in [-0.39, 0.29) is 24.7 Å². The second kappa shape index (κ2) is 17.8. The summed E-state index contributed by atoms with van der Waals surface area (Å²) in [6.07, 6.45) is 1.33. The molecule has 0 spiro atoms. The summed E-state index contributed by atoms with van der Waals surface area (Å²) in [5.74, 6) is 3.38. The molecule has 0 fully saturated rings. The van der Waals surface area contributed by atoms with Crippen LogP contribution in [0.2, 0.25) is 0 Å². The largest absolute Gasteiger partial charge is 0.497 e. The zero-order chi connectivity index (χ0) is 37.9. The molecule has 0 saturated carbocycles. The number of ether oxygens (including phenoxy) is 4. The second-order valence-electron chi connectivity index (χ2n) is 12.3. The first kappa shape index (κ1) is 37.2. The van der Waals surface area contributed by atoms with Gasteiger partial charge in [-0.1, -0.05) is 34.6 Å². The minimum atomic E-state index is -0.199. The van der Waals surface area contributed by atoms with Gasteiger partial charge in [-0.05, 0) is 96.8 Å². The maximum Gasteiger partial charge on any atom is 0.227 e. The molecular formula is C42H42N4O8. The van der Waals surface area contributed by atoms with Gasteiger partial charge in [0.2, 0.25) is 11.8 Å². The highest BCUT2D eigenvalue weighted by Gasteiger charge is 2.23. The van der Waals surface area contributed by atoms with E-state index in [0.29, 0.717) is 60.3 Å². The van der Waals surface area contributed by atoms with Gasteiger partial charge in [0.1, 0.15) is 34.4 Å². The van der Waals surface area contributed by atoms with E-state index in [1.807, 2.05) is 97.1 Å². The van der Waals surface area contributed by atoms with Crippen LogP contribution in [0.4, 0.5) is 0 Å². The SMILES string of the molecule is COc1ccc(-c2noc(CC(=O)NCCCCNC(=O)Cc3onc(-c4ccc(OC)cc4)c3-c3ccc(OC)cc3)c2-c2ccc(OC)cc2)cc1. The van der Waals surface area contributed by atoms with Crippen LogP contribution in [0.5, 0.6) is 23.0 Å². The van der Waals surface area contributed by atoms with E-state index in [2.05, 4.69) is 20.9 Å². The fourth-order valence-corrected chi connectivity index (χ4v) is 6.01. The number of benzene rings is 4. The zero-order valence-corrected chi connectivity index (χ0v) is 30.6. The van der Waals surface area contributed by atoms with Crippen LogP contribution in [0.25, 0.3) is 44.8 Å². The van der Waals surface area contributed by atoms with Gasteiger partial charge in [0, 0.05) is 24.2 Å². The molecule has 6 aromatic rings. The van der Waals surface area contributed by atoms with Crippen molar-refractivity contribution in [3.63, 3.8) is 0 Å². The highest BCUT2D eigenvalue weighted by Crippen LogP contribution is 2.38. The van der Waals surface area contributed by atoms with Gasteiger partial charge in [-0.3, -0.25) is 9.59 Å². The molecule has 12 heteroatoms. The predicted octanol–water partition coefficient (Wildman–Crippen LogP) is 7.16. The molecule has 2 N–H and O–H groups in total. The Morgan fingerprint density at radius 1 is 0.481 bits per heavy atom. The van der Waals surface area contributed by atoms with Gasteiger partial charge in [-0.25, -0.2) is 0 Å². The van der Waals surface area contributed by atoms with Crippen molar-refractivity contribution >= 4 is 11.8 Å². The van der Waals surface area contributed by atoms with Crippen LogP contribution in [0.3, 0.4) is 0 Å². The summed E-state index contributed by atoms with van der Waals surface area (Å²) in [6.45, 7) is 0.863. The van der Waals surface area contributed by atoms with Gasteiger partial charge in [0.05, 0.1) is 52.4 Å². The minimum absolute atomic E-state index is 0.00742. The molecule has 6 rings (SSSR count). The Morgan fingerprint density at radius 2 is 0.778 bits per heavy atom. The van der Waals surface area contributed by atoms with Gasteiger partial charge in [0.25, 0.3) is 0 Å². The van der Waals surface area contributed by atoms with Crippen molar-refractivity contribution in [2.75, 3.05) is 41.5 Å². The Kier molecular flexibility index (Phi) is 12.2. The number of methoxy groups -OCH3 is 4. The number of carbonyl (C=O) groups is 2. The van der Waals surface area contributed by atoms with E-state index in [1.165, 1.54) is 0 Å². The summed E-state index contributed by atoms with van der Waals surface area (Å²) in [7, 11) is 6.44. The summed E-state index contributed by atoms with van der Waals surface area (Å²) in [5.41, 5.74) is 6.07. The third-order valence-corrected chi connectivity index (χ3v) is 8.90. The van der Waals surface area contributed by atoms with E-state index >= 15 is 0 Å². The van der Waals surface area contributed by atoms with Crippen molar-refractivity contribution in [1.82, 2.24) is 20.9 Å². The van der Waals surface area contributed by atoms with Crippen molar-refractivity contribution in [3.8, 4) is 67.8 Å². The molecule has 54 heavy (non-hydrogen) atoms. The predicted molar refractivity (Wildman–Crippen MR) is 204 cm³/mol. The molecule has 12 nitrogen and oxygen atoms in total. The summed E-state index contributed by atoms with van der Waals surface area (Å²) in [6, 6.07) is 30.1. The number of nitrogens with one attached hydrogen (secondary N) is 2. The first-order valence-corrected chi connectivity index (χ1v) is 17.5. The summed E-state index contributed by atoms with van der Waals surface area (Å²) >= 11 is 0. The summed E-state index contributed by atoms with van der Waals surface area (Å²) in [5, 5.41) is 14.6. The zero-order valence-electron chi connectivity index (χ0n) is 30.6. The van der Waals surface area contributed by atoms with E-state index < -0.39 is 0 Å². The van der Waals surface area contributed by atoms with E-state index in [9.17, 15) is 9.59 Å². The maximum absolute atomic E-state index is 13.1. The molecule has 278 valence electrons. The average Bonchev–Trinajstić information content (AvgIpc) is 3.83. The number of amides is 2. The smallest absolute Gasteiger partial charge is 0.227 e. The van der Waals surface area contributed by atoms with Crippen molar-refractivity contribution in [2.45, 2.75) is 25.7 Å². The molecule has 0 unspecified atom stereocenters. The number of aromatic nitrogens is 2. The maximum atomic E-state index is 13.1. The molecule has 0 saturated heterocycles. The Labute approximate surface area is 313 Å². The highest BCUT2D eigenvalue weighted by molar-refractivity contribution is 5.88. The van der Waals surface area contributed by atoms with Gasteiger partial charge < -0.3 is 38.6 Å². The first-order chi connectivity index (χ1) is 26.4. The molecule has 2 heterocycles. The number of unbranched alkanes of at least 4 members (excludes halogenated alkanes) is 1. The Hall–Kier alpha value is -6.56. The number of rotatable bonds is 17. The molecule has 2 amide bonds. The van der Waals surface area contributed by atoms with E-state index in [1.54, 1.807) is 28.4 Å². The molecular weight excluding hydrogens is 688 g/mol. The molecule has 0 aliphatic carbocycles. The second-order valence-corrected chi connectivity index (χ2v) is 12.3. The van der Waals surface area contributed by atoms with Crippen LogP contribution in [0, 0.1) is 0 Å². The van der Waals surface area contributed by atoms with Crippen LogP contribution < -0.4 is 29.6 Å². The topological polar surface area (TPSA) is 147 Å². The monoisotopic (exact) mass is 730 g/mol. The molecule has 0 radical (unpaired) electrons. The lowest BCUT2D eigenvalue weighted by Crippen LogP contribution is -2.28. The molecule has 0 bridgehead atoms. The van der Waals surface area contributed by atoms with Crippen LogP contribution >= 0.6 is 0 Å². The standard InChI is InChI=1S/C42H42N4O8/c1-49-31-15-7-27(8-16-31)39-35(53-45-41(39)29-11-19-33(51-3)20-12-29)25-37(47)43-23-5-6-24-44-38(48)26-36-40(28-9-17-32(50-2)18-10-28)42(46-54-36)30-13-21-34(52-4)22-14-30/h7-22H,5-6,23-26H2,1-4H3,(H,43,47)(H,44,48). The fraction of sp³-hybridized carbons (Fsp3) is 0.238. The number of hydrogen-bond donors (Lipinski definition) is 2. The minimum Gasteiger partial charge on any atom is -0.497 e. The van der Waals surface area contributed by atoms with Crippen molar-refractivity contribution in [3.05, 3.63) is 109 Å². The van der Waals surface area contributed by atoms with E-state index in [0.717, 1.165) is 44.9 Å². The number of hydrogen-bond acceptors (Lipinski definition) is 10. The lowest BCUT2D eigenvalue weighted by atomic mass is 9.97. The van der Waals surface area contributed by atoms with E-state index in [4.69, 9.17) is 28.0 Å². The lowest BCUT2D eigenvalue weighted by Gasteiger charge is -2.09. The van der Waals surface area contributed by atoms with Crippen molar-refractivity contribution < 1.29 is 37.6 Å². The summed E-state index contributed by atoms with van der Waals surface area (Å²) in [4.78, 5) is 26.1. The molecule has 0 atom stereocenters. The first-order valence-electron chi connectivity index (χ1n) is 17.5. The summed E-state index contributed by atoms with van der Waals surface area (Å²) < 4.78 is 32.8. The number of nitrogens with zero attached hydrogens (tertiary/aromatic N) is 2. The Balaban J connectivity index is 1.03. The van der Waals surface area contributed by atoms with Gasteiger partial charge >= 0.3 is 0 Å². The Bertz CT molecular complexity index is 1980. The average molecular weight is 731 g/mol. The molecule has 0 aliphatic rings. The quantitative estimate of drug-likeness (QED) is 0.0927. The van der Waals surface area contributed by atoms with Crippen LogP contribution in [-0.2, 0) is 22.4 Å². The van der Waals surface area contributed by atoms with Crippen LogP contribution in [0.1, 0.15) is 24.4 Å². The van der Waals surface area contributed by atoms with Crippen LogP contribution in [-0.4, -0.2) is 63.7 Å². The van der Waals surface area contributed by atoms with Gasteiger partial charge in [0.15, 0.2) is 11.5 Å². The third kappa shape index (κ3) is 8.90. The van der Waals surface area contributed by atoms with Gasteiger partial charge in [-0.2, -0.15) is 0 Å². The molecule has 2 aromatic heterocycles. The van der Waals surface area contributed by atoms with Crippen molar-refractivity contribution in [2.24, 2.45) is 0 Å². The van der Waals surface area contributed by atoms with Crippen LogP contribution in [0.15, 0.2) is 106 Å². The highest BCUT2D eigenvalue weighted by atomic mass is 16.5. The normalized spacial score (nSPS) is 10.8. The molecule has 0 aliphatic heterocycles. The third-order valence-electron chi connectivity index (χ3n) is 8.90.